The minimum atomic E-state index is -4.35. The van der Waals surface area contributed by atoms with Crippen molar-refractivity contribution in [2.24, 2.45) is 0 Å². The highest BCUT2D eigenvalue weighted by atomic mass is 32.2. The van der Waals surface area contributed by atoms with Crippen molar-refractivity contribution in [1.29, 1.82) is 0 Å². The lowest BCUT2D eigenvalue weighted by Gasteiger charge is -2.26. The number of rotatable bonds is 5. The second kappa shape index (κ2) is 6.89. The molecule has 1 aromatic carbocycles. The zero-order chi connectivity index (χ0) is 16.3. The molecule has 0 aliphatic heterocycles. The fourth-order valence-electron chi connectivity index (χ4n) is 1.42. The van der Waals surface area contributed by atoms with Crippen molar-refractivity contribution in [2.45, 2.75) is 44.7 Å². The Morgan fingerprint density at radius 3 is 2.14 bits per heavy atom. The third kappa shape index (κ3) is 6.58. The monoisotopic (exact) mass is 323 g/mol. The molecule has 1 rings (SSSR count). The quantitative estimate of drug-likeness (QED) is 0.840. The van der Waals surface area contributed by atoms with Crippen LogP contribution in [0.2, 0.25) is 0 Å². The average Bonchev–Trinajstić information content (AvgIpc) is 2.35. The highest BCUT2D eigenvalue weighted by molar-refractivity contribution is 7.90. The van der Waals surface area contributed by atoms with Crippen LogP contribution in [0.15, 0.2) is 24.3 Å². The number of halogens is 3. The van der Waals surface area contributed by atoms with Crippen LogP contribution in [0.4, 0.5) is 13.2 Å². The minimum absolute atomic E-state index is 0.153. The van der Waals surface area contributed by atoms with E-state index in [1.54, 1.807) is 12.1 Å². The highest BCUT2D eigenvalue weighted by Gasteiger charge is 2.29. The molecule has 0 unspecified atom stereocenters. The lowest BCUT2D eigenvalue weighted by atomic mass is 10.1. The van der Waals surface area contributed by atoms with Gasteiger partial charge in [0.15, 0.2) is 6.61 Å². The van der Waals surface area contributed by atoms with Gasteiger partial charge in [-0.15, -0.1) is 4.72 Å². The Morgan fingerprint density at radius 1 is 1.19 bits per heavy atom. The molecule has 0 bridgehead atoms. The molecule has 0 spiro atoms. The predicted octanol–water partition coefficient (Wildman–Crippen LogP) is 3.74. The first kappa shape index (κ1) is 18.1. The molecule has 0 saturated carbocycles. The van der Waals surface area contributed by atoms with Crippen LogP contribution in [0.25, 0.3) is 0 Å². The Bertz CT molecular complexity index is 443. The van der Waals surface area contributed by atoms with Crippen molar-refractivity contribution >= 4 is 11.4 Å². The van der Waals surface area contributed by atoms with Crippen LogP contribution < -0.4 is 9.46 Å². The zero-order valence-corrected chi connectivity index (χ0v) is 13.3. The van der Waals surface area contributed by atoms with Crippen LogP contribution in [-0.2, 0) is 11.4 Å². The summed E-state index contributed by atoms with van der Waals surface area (Å²) in [7, 11) is 0. The number of benzene rings is 1. The summed E-state index contributed by atoms with van der Waals surface area (Å²) in [5, 5.41) is 0. The van der Waals surface area contributed by atoms with Gasteiger partial charge < -0.3 is 9.29 Å². The molecule has 1 aromatic rings. The molecule has 21 heavy (non-hydrogen) atoms. The maximum atomic E-state index is 12.0. The van der Waals surface area contributed by atoms with Crippen molar-refractivity contribution in [3.05, 3.63) is 29.8 Å². The SMILES string of the molecule is C[C@H](N[S@@+]([O-])C(C)(C)C)c1ccc(OCC(F)(F)F)cc1. The number of hydrogen-bond acceptors (Lipinski definition) is 3. The normalized spacial score (nSPS) is 15.6. The van der Waals surface area contributed by atoms with Gasteiger partial charge in [-0.3, -0.25) is 0 Å². The number of ether oxygens (including phenoxy) is 1. The van der Waals surface area contributed by atoms with E-state index in [1.165, 1.54) is 12.1 Å². The summed E-state index contributed by atoms with van der Waals surface area (Å²) in [5.41, 5.74) is 0.826. The molecule has 3 nitrogen and oxygen atoms in total. The molecule has 7 heteroatoms. The fraction of sp³-hybridized carbons (Fsp3) is 0.571. The topological polar surface area (TPSA) is 44.3 Å². The van der Waals surface area contributed by atoms with E-state index >= 15 is 0 Å². The van der Waals surface area contributed by atoms with E-state index < -0.39 is 24.1 Å². The Hall–Kier alpha value is -0.920. The molecular formula is C14H20F3NO2S. The van der Waals surface area contributed by atoms with Gasteiger partial charge in [-0.1, -0.05) is 12.1 Å². The summed E-state index contributed by atoms with van der Waals surface area (Å²) >= 11 is -1.22. The van der Waals surface area contributed by atoms with Crippen LogP contribution in [-0.4, -0.2) is 22.1 Å². The van der Waals surface area contributed by atoms with E-state index in [4.69, 9.17) is 0 Å². The van der Waals surface area contributed by atoms with E-state index in [0.29, 0.717) is 0 Å². The maximum absolute atomic E-state index is 12.0. The fourth-order valence-corrected chi connectivity index (χ4v) is 2.23. The third-order valence-corrected chi connectivity index (χ3v) is 4.30. The Kier molecular flexibility index (Phi) is 5.95. The first-order valence-corrected chi connectivity index (χ1v) is 7.61. The van der Waals surface area contributed by atoms with E-state index in [-0.39, 0.29) is 16.5 Å². The Labute approximate surface area is 126 Å². The van der Waals surface area contributed by atoms with Crippen molar-refractivity contribution in [2.75, 3.05) is 6.61 Å². The van der Waals surface area contributed by atoms with Crippen molar-refractivity contribution in [1.82, 2.24) is 4.72 Å². The lowest BCUT2D eigenvalue weighted by molar-refractivity contribution is -0.153. The molecule has 0 aliphatic carbocycles. The molecule has 0 aliphatic rings. The minimum Gasteiger partial charge on any atom is -0.598 e. The molecule has 0 amide bonds. The summed E-state index contributed by atoms with van der Waals surface area (Å²) in [6, 6.07) is 6.08. The second-order valence-electron chi connectivity index (χ2n) is 5.69. The molecule has 0 radical (unpaired) electrons. The van der Waals surface area contributed by atoms with Gasteiger partial charge in [0.05, 0.1) is 6.04 Å². The molecule has 0 aromatic heterocycles. The lowest BCUT2D eigenvalue weighted by Crippen LogP contribution is -2.40. The van der Waals surface area contributed by atoms with Gasteiger partial charge in [-0.2, -0.15) is 13.2 Å². The molecule has 0 fully saturated rings. The summed E-state index contributed by atoms with van der Waals surface area (Å²) in [6.07, 6.45) is -4.35. The number of alkyl halides is 3. The van der Waals surface area contributed by atoms with E-state index in [2.05, 4.69) is 9.46 Å². The Balaban J connectivity index is 2.61. The highest BCUT2D eigenvalue weighted by Crippen LogP contribution is 2.23. The van der Waals surface area contributed by atoms with Crippen LogP contribution in [0.3, 0.4) is 0 Å². The second-order valence-corrected chi connectivity index (χ2v) is 7.69. The van der Waals surface area contributed by atoms with Crippen molar-refractivity contribution < 1.29 is 22.5 Å². The van der Waals surface area contributed by atoms with Gasteiger partial charge in [0.2, 0.25) is 0 Å². The average molecular weight is 323 g/mol. The summed E-state index contributed by atoms with van der Waals surface area (Å²) in [6.45, 7) is 6.11. The summed E-state index contributed by atoms with van der Waals surface area (Å²) < 4.78 is 55.3. The molecule has 0 heterocycles. The van der Waals surface area contributed by atoms with Crippen LogP contribution >= 0.6 is 0 Å². The molecule has 120 valence electrons. The van der Waals surface area contributed by atoms with Gasteiger partial charge in [-0.05, 0) is 45.4 Å². The molecular weight excluding hydrogens is 303 g/mol. The standard InChI is InChI=1S/C14H20F3NO2S/c1-10(18-21(19)13(2,3)4)11-5-7-12(8-6-11)20-9-14(15,16)17/h5-8,10,18H,9H2,1-4H3/t10-,21-/m0/s1. The predicted molar refractivity (Wildman–Crippen MR) is 77.4 cm³/mol. The summed E-state index contributed by atoms with van der Waals surface area (Å²) in [4.78, 5) is 0. The molecule has 0 saturated heterocycles. The van der Waals surface area contributed by atoms with Crippen LogP contribution in [0.1, 0.15) is 39.3 Å². The van der Waals surface area contributed by atoms with Crippen LogP contribution in [0.5, 0.6) is 5.75 Å². The Morgan fingerprint density at radius 2 is 1.71 bits per heavy atom. The summed E-state index contributed by atoms with van der Waals surface area (Å²) in [5.74, 6) is 0.153. The third-order valence-electron chi connectivity index (χ3n) is 2.62. The number of hydrogen-bond donors (Lipinski definition) is 1. The molecule has 2 atom stereocenters. The largest absolute Gasteiger partial charge is 0.598 e. The van der Waals surface area contributed by atoms with E-state index in [9.17, 15) is 17.7 Å². The maximum Gasteiger partial charge on any atom is 0.422 e. The van der Waals surface area contributed by atoms with Gasteiger partial charge in [0.25, 0.3) is 0 Å². The van der Waals surface area contributed by atoms with Gasteiger partial charge in [0, 0.05) is 11.4 Å². The van der Waals surface area contributed by atoms with Gasteiger partial charge in [0.1, 0.15) is 10.5 Å². The van der Waals surface area contributed by atoms with E-state index in [0.717, 1.165) is 5.56 Å². The first-order chi connectivity index (χ1) is 9.49. The first-order valence-electron chi connectivity index (χ1n) is 6.46. The van der Waals surface area contributed by atoms with Gasteiger partial charge in [-0.25, -0.2) is 0 Å². The zero-order valence-electron chi connectivity index (χ0n) is 12.5. The molecule has 1 N–H and O–H groups in total. The van der Waals surface area contributed by atoms with E-state index in [1.807, 2.05) is 27.7 Å². The van der Waals surface area contributed by atoms with Crippen molar-refractivity contribution in [3.63, 3.8) is 0 Å². The van der Waals surface area contributed by atoms with Gasteiger partial charge >= 0.3 is 6.18 Å². The van der Waals surface area contributed by atoms with Crippen LogP contribution in [0, 0.1) is 0 Å². The van der Waals surface area contributed by atoms with Crippen molar-refractivity contribution in [3.8, 4) is 5.75 Å². The smallest absolute Gasteiger partial charge is 0.422 e. The number of nitrogens with one attached hydrogen (secondary N) is 1.